The largest absolute Gasteiger partial charge is 0.466 e. The van der Waals surface area contributed by atoms with Gasteiger partial charge in [-0.25, -0.2) is 0 Å². The molecule has 0 radical (unpaired) electrons. The molecule has 0 aliphatic heterocycles. The number of carbonyl (C=O) groups is 2. The molecule has 0 aliphatic carbocycles. The van der Waals surface area contributed by atoms with Crippen molar-refractivity contribution in [3.8, 4) is 0 Å². The maximum atomic E-state index is 12.5. The number of hydrogen-bond acceptors (Lipinski definition) is 5. The van der Waals surface area contributed by atoms with Gasteiger partial charge in [0.25, 0.3) is 0 Å². The highest BCUT2D eigenvalue weighted by Gasteiger charge is 2.18. The molecule has 0 aromatic heterocycles. The molecule has 6 nitrogen and oxygen atoms in total. The van der Waals surface area contributed by atoms with Crippen LogP contribution < -0.4 is 5.32 Å². The Balaban J connectivity index is 3.51. The number of aliphatic hydroxyl groups excluding tert-OH is 2. The van der Waals surface area contributed by atoms with Gasteiger partial charge in [0, 0.05) is 12.8 Å². The normalized spacial score (nSPS) is 13.0. The van der Waals surface area contributed by atoms with E-state index in [1.165, 1.54) is 218 Å². The summed E-state index contributed by atoms with van der Waals surface area (Å²) in [7, 11) is 0. The molecule has 0 aromatic rings. The minimum Gasteiger partial charge on any atom is -0.466 e. The molecule has 0 rings (SSSR count). The quantitative estimate of drug-likeness (QED) is 0.0244. The molecule has 2 atom stereocenters. The summed E-state index contributed by atoms with van der Waals surface area (Å²) in [6, 6.07) is -0.639. The van der Waals surface area contributed by atoms with Crippen LogP contribution in [0.25, 0.3) is 0 Å². The summed E-state index contributed by atoms with van der Waals surface area (Å²) in [6.45, 7) is 4.81. The summed E-state index contributed by atoms with van der Waals surface area (Å²) in [5, 5.41) is 23.2. The number of unbranched alkanes of at least 4 members (excludes halogenated alkanes) is 42. The fraction of sp³-hybridized carbons (Fsp3) is 0.824. The second-order valence-electron chi connectivity index (χ2n) is 22.1. The van der Waals surface area contributed by atoms with Gasteiger partial charge in [-0.3, -0.25) is 9.59 Å². The minimum atomic E-state index is -0.855. The van der Waals surface area contributed by atoms with E-state index in [1.54, 1.807) is 6.08 Å². The Bertz CT molecular complexity index is 1290. The molecule has 6 heteroatoms. The van der Waals surface area contributed by atoms with E-state index < -0.39 is 12.1 Å². The van der Waals surface area contributed by atoms with Crippen molar-refractivity contribution in [2.45, 2.75) is 347 Å². The van der Waals surface area contributed by atoms with Gasteiger partial charge in [-0.1, -0.05) is 293 Å². The van der Waals surface area contributed by atoms with Gasteiger partial charge in [-0.05, 0) is 89.9 Å². The first-order valence-electron chi connectivity index (χ1n) is 32.6. The first-order chi connectivity index (χ1) is 36.5. The third-order valence-corrected chi connectivity index (χ3v) is 14.8. The zero-order chi connectivity index (χ0) is 53.6. The van der Waals surface area contributed by atoms with Gasteiger partial charge >= 0.3 is 5.97 Å². The molecular weight excluding hydrogens is 911 g/mol. The Kier molecular flexibility index (Phi) is 61.0. The molecular formula is C68H125NO5. The Morgan fingerprint density at radius 1 is 0.392 bits per heavy atom. The number of carbonyl (C=O) groups excluding carboxylic acids is 2. The molecule has 0 aromatic carbocycles. The van der Waals surface area contributed by atoms with Crippen molar-refractivity contribution in [2.24, 2.45) is 0 Å². The van der Waals surface area contributed by atoms with Gasteiger partial charge in [0.1, 0.15) is 0 Å². The number of aliphatic hydroxyl groups is 2. The van der Waals surface area contributed by atoms with Gasteiger partial charge in [0.15, 0.2) is 0 Å². The number of allylic oxidation sites excluding steroid dienone is 9. The van der Waals surface area contributed by atoms with Gasteiger partial charge < -0.3 is 20.3 Å². The Morgan fingerprint density at radius 2 is 0.743 bits per heavy atom. The lowest BCUT2D eigenvalue weighted by atomic mass is 10.0. The molecule has 0 aliphatic rings. The van der Waals surface area contributed by atoms with Gasteiger partial charge in [-0.2, -0.15) is 0 Å². The first kappa shape index (κ1) is 71.6. The summed E-state index contributed by atoms with van der Waals surface area (Å²) in [6.07, 6.45) is 82.7. The Hall–Kier alpha value is -2.44. The van der Waals surface area contributed by atoms with Crippen LogP contribution in [0.1, 0.15) is 335 Å². The van der Waals surface area contributed by atoms with E-state index in [0.29, 0.717) is 19.4 Å². The fourth-order valence-electron chi connectivity index (χ4n) is 9.78. The van der Waals surface area contributed by atoms with Crippen molar-refractivity contribution in [3.63, 3.8) is 0 Å². The van der Waals surface area contributed by atoms with Crippen molar-refractivity contribution in [3.05, 3.63) is 60.8 Å². The Labute approximate surface area is 460 Å². The van der Waals surface area contributed by atoms with Crippen molar-refractivity contribution in [2.75, 3.05) is 13.2 Å². The number of nitrogens with one attached hydrogen (secondary N) is 1. The van der Waals surface area contributed by atoms with E-state index in [-0.39, 0.29) is 18.5 Å². The molecule has 432 valence electrons. The molecule has 2 unspecified atom stereocenters. The molecule has 0 bridgehead atoms. The third-order valence-electron chi connectivity index (χ3n) is 14.8. The smallest absolute Gasteiger partial charge is 0.305 e. The molecule has 0 spiro atoms. The predicted octanol–water partition coefficient (Wildman–Crippen LogP) is 20.7. The highest BCUT2D eigenvalue weighted by molar-refractivity contribution is 5.76. The molecule has 74 heavy (non-hydrogen) atoms. The molecule has 0 saturated heterocycles. The summed E-state index contributed by atoms with van der Waals surface area (Å²) in [4.78, 5) is 24.5. The monoisotopic (exact) mass is 1040 g/mol. The maximum Gasteiger partial charge on any atom is 0.305 e. The average molecular weight is 1040 g/mol. The minimum absolute atomic E-state index is 0.0297. The number of hydrogen-bond donors (Lipinski definition) is 3. The van der Waals surface area contributed by atoms with Crippen LogP contribution in [-0.2, 0) is 14.3 Å². The van der Waals surface area contributed by atoms with Crippen molar-refractivity contribution >= 4 is 11.9 Å². The second kappa shape index (κ2) is 63.1. The lowest BCUT2D eigenvalue weighted by Crippen LogP contribution is -2.45. The average Bonchev–Trinajstić information content (AvgIpc) is 3.40. The topological polar surface area (TPSA) is 95.9 Å². The van der Waals surface area contributed by atoms with Crippen LogP contribution in [0.2, 0.25) is 0 Å². The van der Waals surface area contributed by atoms with E-state index in [9.17, 15) is 19.8 Å². The number of ether oxygens (including phenoxy) is 1. The van der Waals surface area contributed by atoms with Crippen LogP contribution in [0.3, 0.4) is 0 Å². The highest BCUT2D eigenvalue weighted by atomic mass is 16.5. The zero-order valence-corrected chi connectivity index (χ0v) is 49.3. The van der Waals surface area contributed by atoms with Gasteiger partial charge in [-0.15, -0.1) is 0 Å². The number of rotatable bonds is 60. The standard InChI is InChI=1S/C68H125NO5/c1-3-5-7-9-11-13-15-17-18-19-20-21-22-23-24-25-27-30-33-37-40-44-48-52-56-60-66(71)65(64-70)69-67(72)61-57-53-49-45-41-38-34-31-28-26-29-32-35-39-43-47-51-55-59-63-74-68(73)62-58-54-50-46-42-36-16-14-12-10-8-6-4-2/h8,10,14,16,32,35,39,43,56,60,65-66,70-71H,3-7,9,11-13,15,17-31,33-34,36-38,40-42,44-55,57-59,61-64H2,1-2H3,(H,69,72)/b10-8-,16-14-,35-32-,43-39-,60-56+. The highest BCUT2D eigenvalue weighted by Crippen LogP contribution is 2.17. The zero-order valence-electron chi connectivity index (χ0n) is 49.3. The fourth-order valence-corrected chi connectivity index (χ4v) is 9.78. The molecule has 0 heterocycles. The first-order valence-corrected chi connectivity index (χ1v) is 32.6. The van der Waals surface area contributed by atoms with E-state index in [1.807, 2.05) is 6.08 Å². The van der Waals surface area contributed by atoms with E-state index >= 15 is 0 Å². The van der Waals surface area contributed by atoms with E-state index in [0.717, 1.165) is 89.9 Å². The van der Waals surface area contributed by atoms with Crippen LogP contribution in [-0.4, -0.2) is 47.4 Å². The second-order valence-corrected chi connectivity index (χ2v) is 22.1. The van der Waals surface area contributed by atoms with Crippen molar-refractivity contribution < 1.29 is 24.5 Å². The van der Waals surface area contributed by atoms with E-state index in [2.05, 4.69) is 67.8 Å². The van der Waals surface area contributed by atoms with Gasteiger partial charge in [0.2, 0.25) is 5.91 Å². The van der Waals surface area contributed by atoms with Crippen LogP contribution in [0, 0.1) is 0 Å². The van der Waals surface area contributed by atoms with Crippen LogP contribution >= 0.6 is 0 Å². The van der Waals surface area contributed by atoms with Crippen LogP contribution in [0.4, 0.5) is 0 Å². The summed E-state index contributed by atoms with van der Waals surface area (Å²) in [5.74, 6) is -0.106. The van der Waals surface area contributed by atoms with E-state index in [4.69, 9.17) is 4.74 Å². The molecule has 0 saturated carbocycles. The molecule has 1 amide bonds. The maximum absolute atomic E-state index is 12.5. The summed E-state index contributed by atoms with van der Waals surface area (Å²) < 4.78 is 5.44. The number of esters is 1. The van der Waals surface area contributed by atoms with Crippen LogP contribution in [0.5, 0.6) is 0 Å². The lowest BCUT2D eigenvalue weighted by Gasteiger charge is -2.20. The Morgan fingerprint density at radius 3 is 1.16 bits per heavy atom. The summed E-state index contributed by atoms with van der Waals surface area (Å²) in [5.41, 5.74) is 0. The third kappa shape index (κ3) is 58.8. The predicted molar refractivity (Wildman–Crippen MR) is 324 cm³/mol. The lowest BCUT2D eigenvalue weighted by molar-refractivity contribution is -0.143. The summed E-state index contributed by atoms with van der Waals surface area (Å²) >= 11 is 0. The molecule has 3 N–H and O–H groups in total. The van der Waals surface area contributed by atoms with Crippen molar-refractivity contribution in [1.29, 1.82) is 0 Å². The molecule has 0 fully saturated rings. The van der Waals surface area contributed by atoms with Gasteiger partial charge in [0.05, 0.1) is 25.4 Å². The van der Waals surface area contributed by atoms with Crippen molar-refractivity contribution in [1.82, 2.24) is 5.32 Å². The number of amides is 1. The SMILES string of the molecule is CCC/C=C\C/C=C\CCCCCCCC(=O)OCCCCC/C=C\C=C/CCCCCCCCCCCCC(=O)NC(CO)C(O)/C=C/CCCCCCCCCCCCCCCCCCCCCCCCC. The van der Waals surface area contributed by atoms with Crippen LogP contribution in [0.15, 0.2) is 60.8 Å².